The Kier molecular flexibility index (Phi) is 2.91. The zero-order valence-corrected chi connectivity index (χ0v) is 9.41. The third-order valence-electron chi connectivity index (χ3n) is 2.65. The smallest absolute Gasteiger partial charge is 0.193 e. The van der Waals surface area contributed by atoms with Crippen LogP contribution in [0.3, 0.4) is 0 Å². The van der Waals surface area contributed by atoms with Crippen molar-refractivity contribution in [3.8, 4) is 0 Å². The molecule has 2 N–H and O–H groups in total. The zero-order chi connectivity index (χ0) is 12.4. The first-order valence-corrected chi connectivity index (χ1v) is 5.24. The van der Waals surface area contributed by atoms with Gasteiger partial charge < -0.3 is 5.73 Å². The van der Waals surface area contributed by atoms with Crippen LogP contribution in [0.25, 0.3) is 0 Å². The number of aryl methyl sites for hydroxylation is 1. The minimum Gasteiger partial charge on any atom is -0.398 e. The number of ketones is 1. The summed E-state index contributed by atoms with van der Waals surface area (Å²) < 4.78 is 12.7. The Morgan fingerprint density at radius 1 is 1.06 bits per heavy atom. The molecule has 0 bridgehead atoms. The van der Waals surface area contributed by atoms with E-state index in [1.54, 1.807) is 18.2 Å². The van der Waals surface area contributed by atoms with Crippen LogP contribution in [0.1, 0.15) is 21.5 Å². The van der Waals surface area contributed by atoms with Crippen molar-refractivity contribution in [3.63, 3.8) is 0 Å². The van der Waals surface area contributed by atoms with Crippen LogP contribution >= 0.6 is 0 Å². The molecule has 0 spiro atoms. The second-order valence-electron chi connectivity index (χ2n) is 3.91. The van der Waals surface area contributed by atoms with Crippen LogP contribution in [0, 0.1) is 12.7 Å². The topological polar surface area (TPSA) is 43.1 Å². The van der Waals surface area contributed by atoms with E-state index in [0.29, 0.717) is 16.8 Å². The molecule has 0 aliphatic rings. The molecule has 0 aliphatic carbocycles. The largest absolute Gasteiger partial charge is 0.398 e. The van der Waals surface area contributed by atoms with Crippen LogP contribution in [0.4, 0.5) is 10.1 Å². The van der Waals surface area contributed by atoms with Crippen molar-refractivity contribution in [1.29, 1.82) is 0 Å². The Morgan fingerprint density at radius 3 is 2.24 bits per heavy atom. The number of rotatable bonds is 2. The Morgan fingerprint density at radius 2 is 1.65 bits per heavy atom. The second kappa shape index (κ2) is 4.37. The lowest BCUT2D eigenvalue weighted by Crippen LogP contribution is -2.03. The fraction of sp³-hybridized carbons (Fsp3) is 0.0714. The lowest BCUT2D eigenvalue weighted by Gasteiger charge is -2.04. The summed E-state index contributed by atoms with van der Waals surface area (Å²) >= 11 is 0. The molecule has 0 saturated heterocycles. The highest BCUT2D eigenvalue weighted by atomic mass is 19.1. The highest BCUT2D eigenvalue weighted by Crippen LogP contribution is 2.16. The minimum absolute atomic E-state index is 0.156. The van der Waals surface area contributed by atoms with Gasteiger partial charge >= 0.3 is 0 Å². The molecule has 86 valence electrons. The minimum atomic E-state index is -0.357. The molecular formula is C14H12FNO. The molecule has 2 aromatic rings. The third-order valence-corrected chi connectivity index (χ3v) is 2.65. The van der Waals surface area contributed by atoms with Gasteiger partial charge in [0.05, 0.1) is 0 Å². The molecule has 0 fully saturated rings. The first-order chi connectivity index (χ1) is 8.08. The van der Waals surface area contributed by atoms with Gasteiger partial charge in [-0.1, -0.05) is 12.1 Å². The number of carbonyl (C=O) groups is 1. The average molecular weight is 229 g/mol. The third kappa shape index (κ3) is 2.33. The van der Waals surface area contributed by atoms with Crippen LogP contribution in [0.15, 0.2) is 42.5 Å². The van der Waals surface area contributed by atoms with Crippen molar-refractivity contribution in [3.05, 3.63) is 65.0 Å². The van der Waals surface area contributed by atoms with Gasteiger partial charge in [-0.25, -0.2) is 4.39 Å². The second-order valence-corrected chi connectivity index (χ2v) is 3.91. The van der Waals surface area contributed by atoms with Crippen molar-refractivity contribution in [2.45, 2.75) is 6.92 Å². The van der Waals surface area contributed by atoms with E-state index in [1.807, 2.05) is 6.92 Å². The van der Waals surface area contributed by atoms with Crippen LogP contribution in [0.5, 0.6) is 0 Å². The van der Waals surface area contributed by atoms with E-state index >= 15 is 0 Å². The van der Waals surface area contributed by atoms with E-state index in [-0.39, 0.29) is 11.6 Å². The maximum absolute atomic E-state index is 12.7. The zero-order valence-electron chi connectivity index (χ0n) is 9.41. The van der Waals surface area contributed by atoms with Gasteiger partial charge in [-0.2, -0.15) is 0 Å². The molecule has 0 atom stereocenters. The van der Waals surface area contributed by atoms with Crippen LogP contribution in [-0.2, 0) is 0 Å². The summed E-state index contributed by atoms with van der Waals surface area (Å²) in [4.78, 5) is 12.0. The number of hydrogen-bond donors (Lipinski definition) is 1. The molecule has 0 aliphatic heterocycles. The van der Waals surface area contributed by atoms with Crippen molar-refractivity contribution in [1.82, 2.24) is 0 Å². The van der Waals surface area contributed by atoms with Gasteiger partial charge in [-0.3, -0.25) is 4.79 Å². The quantitative estimate of drug-likeness (QED) is 0.635. The molecule has 0 heterocycles. The molecular weight excluding hydrogens is 217 g/mol. The Labute approximate surface area is 98.9 Å². The molecule has 0 unspecified atom stereocenters. The number of hydrogen-bond acceptors (Lipinski definition) is 2. The monoisotopic (exact) mass is 229 g/mol. The van der Waals surface area contributed by atoms with E-state index in [9.17, 15) is 9.18 Å². The van der Waals surface area contributed by atoms with E-state index in [2.05, 4.69) is 0 Å². The summed E-state index contributed by atoms with van der Waals surface area (Å²) in [5.74, 6) is -0.512. The molecule has 2 aromatic carbocycles. The summed E-state index contributed by atoms with van der Waals surface area (Å²) in [6, 6.07) is 10.6. The number of carbonyl (C=O) groups excluding carboxylic acids is 1. The lowest BCUT2D eigenvalue weighted by molar-refractivity contribution is 0.103. The molecule has 17 heavy (non-hydrogen) atoms. The average Bonchev–Trinajstić information content (AvgIpc) is 2.33. The van der Waals surface area contributed by atoms with E-state index in [1.165, 1.54) is 24.3 Å². The van der Waals surface area contributed by atoms with Crippen LogP contribution in [-0.4, -0.2) is 5.78 Å². The number of anilines is 1. The SMILES string of the molecule is Cc1ccc(C(=O)c2ccc(F)cc2)cc1N. The predicted molar refractivity (Wildman–Crippen MR) is 65.4 cm³/mol. The van der Waals surface area contributed by atoms with E-state index < -0.39 is 0 Å². The predicted octanol–water partition coefficient (Wildman–Crippen LogP) is 2.95. The summed E-state index contributed by atoms with van der Waals surface area (Å²) in [6.45, 7) is 1.88. The van der Waals surface area contributed by atoms with Gasteiger partial charge in [-0.15, -0.1) is 0 Å². The fourth-order valence-corrected chi connectivity index (χ4v) is 1.55. The molecule has 0 radical (unpaired) electrons. The fourth-order valence-electron chi connectivity index (χ4n) is 1.55. The molecule has 0 amide bonds. The number of nitrogens with two attached hydrogens (primary N) is 1. The maximum atomic E-state index is 12.7. The molecule has 2 rings (SSSR count). The van der Waals surface area contributed by atoms with Gasteiger partial charge in [0, 0.05) is 16.8 Å². The Balaban J connectivity index is 2.37. The highest BCUT2D eigenvalue weighted by Gasteiger charge is 2.09. The van der Waals surface area contributed by atoms with E-state index in [0.717, 1.165) is 5.56 Å². The molecule has 0 aromatic heterocycles. The number of benzene rings is 2. The van der Waals surface area contributed by atoms with Gasteiger partial charge in [0.2, 0.25) is 0 Å². The lowest BCUT2D eigenvalue weighted by atomic mass is 10.0. The Bertz CT molecular complexity index is 561. The number of nitrogen functional groups attached to an aromatic ring is 1. The Hall–Kier alpha value is -2.16. The van der Waals surface area contributed by atoms with Crippen molar-refractivity contribution >= 4 is 11.5 Å². The van der Waals surface area contributed by atoms with Crippen LogP contribution in [0.2, 0.25) is 0 Å². The van der Waals surface area contributed by atoms with Gasteiger partial charge in [-0.05, 0) is 42.8 Å². The van der Waals surface area contributed by atoms with Crippen molar-refractivity contribution in [2.75, 3.05) is 5.73 Å². The van der Waals surface area contributed by atoms with Gasteiger partial charge in [0.15, 0.2) is 5.78 Å². The molecule has 3 heteroatoms. The molecule has 2 nitrogen and oxygen atoms in total. The van der Waals surface area contributed by atoms with Gasteiger partial charge in [0.1, 0.15) is 5.82 Å². The standard InChI is InChI=1S/C14H12FNO/c1-9-2-3-11(8-13(9)16)14(17)10-4-6-12(15)7-5-10/h2-8H,16H2,1H3. The van der Waals surface area contributed by atoms with E-state index in [4.69, 9.17) is 5.73 Å². The summed E-state index contributed by atoms with van der Waals surface area (Å²) in [7, 11) is 0. The van der Waals surface area contributed by atoms with Crippen molar-refractivity contribution < 1.29 is 9.18 Å². The first kappa shape index (κ1) is 11.3. The summed E-state index contributed by atoms with van der Waals surface area (Å²) in [5.41, 5.74) is 8.23. The summed E-state index contributed by atoms with van der Waals surface area (Å²) in [6.07, 6.45) is 0. The van der Waals surface area contributed by atoms with Crippen LogP contribution < -0.4 is 5.73 Å². The van der Waals surface area contributed by atoms with Gasteiger partial charge in [0.25, 0.3) is 0 Å². The highest BCUT2D eigenvalue weighted by molar-refractivity contribution is 6.09. The maximum Gasteiger partial charge on any atom is 0.193 e. The normalized spacial score (nSPS) is 10.2. The van der Waals surface area contributed by atoms with Crippen molar-refractivity contribution in [2.24, 2.45) is 0 Å². The molecule has 0 saturated carbocycles. The summed E-state index contributed by atoms with van der Waals surface area (Å²) in [5, 5.41) is 0. The first-order valence-electron chi connectivity index (χ1n) is 5.24. The number of halogens is 1.